The highest BCUT2D eigenvalue weighted by Crippen LogP contribution is 2.39. The van der Waals surface area contributed by atoms with Gasteiger partial charge in [0.1, 0.15) is 0 Å². The fraction of sp³-hybridized carbons (Fsp3) is 0.471. The van der Waals surface area contributed by atoms with Crippen molar-refractivity contribution < 1.29 is 4.79 Å². The van der Waals surface area contributed by atoms with E-state index in [1.807, 2.05) is 25.1 Å². The van der Waals surface area contributed by atoms with E-state index in [4.69, 9.17) is 5.73 Å². The standard InChI is InChI=1S/C17H22N2O/c1-12-6-7-13(5-4-10-18)11-15(12)16(20)19-17(2,3)14-8-9-14/h6-7,11,14H,8-10,18H2,1-3H3,(H,19,20). The zero-order valence-corrected chi connectivity index (χ0v) is 12.4. The summed E-state index contributed by atoms with van der Waals surface area (Å²) in [5, 5.41) is 3.15. The maximum atomic E-state index is 12.5. The third kappa shape index (κ3) is 3.40. The molecule has 2 rings (SSSR count). The first-order valence-corrected chi connectivity index (χ1v) is 7.06. The average Bonchev–Trinajstić information content (AvgIpc) is 3.21. The molecule has 1 saturated carbocycles. The molecule has 0 heterocycles. The molecule has 3 heteroatoms. The summed E-state index contributed by atoms with van der Waals surface area (Å²) in [5.74, 6) is 6.37. The van der Waals surface area contributed by atoms with Gasteiger partial charge in [0.2, 0.25) is 0 Å². The van der Waals surface area contributed by atoms with Crippen molar-refractivity contribution in [3.05, 3.63) is 34.9 Å². The molecule has 0 atom stereocenters. The molecule has 1 fully saturated rings. The van der Waals surface area contributed by atoms with Gasteiger partial charge in [0.05, 0.1) is 6.54 Å². The Balaban J connectivity index is 2.20. The van der Waals surface area contributed by atoms with Crippen LogP contribution in [0.15, 0.2) is 18.2 Å². The fourth-order valence-corrected chi connectivity index (χ4v) is 2.36. The molecule has 1 aliphatic carbocycles. The molecular formula is C17H22N2O. The average molecular weight is 270 g/mol. The number of rotatable bonds is 3. The van der Waals surface area contributed by atoms with Gasteiger partial charge in [0.25, 0.3) is 5.91 Å². The molecule has 1 aromatic carbocycles. The third-order valence-electron chi connectivity index (χ3n) is 3.85. The van der Waals surface area contributed by atoms with E-state index in [9.17, 15) is 4.79 Å². The van der Waals surface area contributed by atoms with E-state index in [1.54, 1.807) is 0 Å². The van der Waals surface area contributed by atoms with Crippen LogP contribution in [-0.4, -0.2) is 18.0 Å². The molecule has 1 aromatic rings. The van der Waals surface area contributed by atoms with Crippen LogP contribution in [-0.2, 0) is 0 Å². The molecule has 1 amide bonds. The fourth-order valence-electron chi connectivity index (χ4n) is 2.36. The minimum absolute atomic E-state index is 0.0178. The number of hydrogen-bond donors (Lipinski definition) is 2. The van der Waals surface area contributed by atoms with Crippen LogP contribution in [0.25, 0.3) is 0 Å². The first kappa shape index (κ1) is 14.6. The van der Waals surface area contributed by atoms with Crippen molar-refractivity contribution in [2.75, 3.05) is 6.54 Å². The number of hydrogen-bond acceptors (Lipinski definition) is 2. The highest BCUT2D eigenvalue weighted by molar-refractivity contribution is 5.96. The van der Waals surface area contributed by atoms with Crippen LogP contribution >= 0.6 is 0 Å². The van der Waals surface area contributed by atoms with Crippen molar-refractivity contribution in [2.24, 2.45) is 11.7 Å². The Morgan fingerprint density at radius 2 is 2.15 bits per heavy atom. The largest absolute Gasteiger partial charge is 0.347 e. The minimum atomic E-state index is -0.136. The molecule has 0 saturated heterocycles. The summed E-state index contributed by atoms with van der Waals surface area (Å²) < 4.78 is 0. The molecule has 0 aliphatic heterocycles. The van der Waals surface area contributed by atoms with Crippen LogP contribution in [0.5, 0.6) is 0 Å². The van der Waals surface area contributed by atoms with Gasteiger partial charge in [-0.3, -0.25) is 4.79 Å². The Kier molecular flexibility index (Phi) is 4.15. The number of benzene rings is 1. The zero-order valence-electron chi connectivity index (χ0n) is 12.4. The number of nitrogens with two attached hydrogens (primary N) is 1. The molecular weight excluding hydrogens is 248 g/mol. The topological polar surface area (TPSA) is 55.1 Å². The normalized spacial score (nSPS) is 14.4. The molecule has 0 spiro atoms. The molecule has 0 radical (unpaired) electrons. The predicted molar refractivity (Wildman–Crippen MR) is 81.4 cm³/mol. The Bertz CT molecular complexity index is 574. The second kappa shape index (κ2) is 5.68. The lowest BCUT2D eigenvalue weighted by atomic mass is 9.97. The van der Waals surface area contributed by atoms with E-state index in [2.05, 4.69) is 31.0 Å². The maximum absolute atomic E-state index is 12.5. The van der Waals surface area contributed by atoms with Gasteiger partial charge in [-0.1, -0.05) is 17.9 Å². The lowest BCUT2D eigenvalue weighted by molar-refractivity contribution is 0.0902. The molecule has 0 bridgehead atoms. The second-order valence-corrected chi connectivity index (χ2v) is 5.99. The monoisotopic (exact) mass is 270 g/mol. The van der Waals surface area contributed by atoms with Crippen molar-refractivity contribution in [1.29, 1.82) is 0 Å². The van der Waals surface area contributed by atoms with Gasteiger partial charge in [-0.15, -0.1) is 0 Å². The smallest absolute Gasteiger partial charge is 0.252 e. The number of amides is 1. The van der Waals surface area contributed by atoms with Crippen LogP contribution in [0, 0.1) is 24.7 Å². The number of nitrogens with one attached hydrogen (secondary N) is 1. The van der Waals surface area contributed by atoms with E-state index < -0.39 is 0 Å². The molecule has 3 N–H and O–H groups in total. The summed E-state index contributed by atoms with van der Waals surface area (Å²) >= 11 is 0. The van der Waals surface area contributed by atoms with Crippen molar-refractivity contribution in [1.82, 2.24) is 5.32 Å². The van der Waals surface area contributed by atoms with Crippen molar-refractivity contribution in [3.63, 3.8) is 0 Å². The molecule has 0 aromatic heterocycles. The first-order chi connectivity index (χ1) is 9.44. The summed E-state index contributed by atoms with van der Waals surface area (Å²) in [5.41, 5.74) is 7.73. The first-order valence-electron chi connectivity index (χ1n) is 7.06. The van der Waals surface area contributed by atoms with Crippen molar-refractivity contribution in [2.45, 2.75) is 39.2 Å². The second-order valence-electron chi connectivity index (χ2n) is 5.99. The van der Waals surface area contributed by atoms with E-state index in [0.29, 0.717) is 18.0 Å². The van der Waals surface area contributed by atoms with E-state index in [1.165, 1.54) is 12.8 Å². The highest BCUT2D eigenvalue weighted by Gasteiger charge is 2.38. The van der Waals surface area contributed by atoms with Crippen LogP contribution in [0.4, 0.5) is 0 Å². The number of aryl methyl sites for hydroxylation is 1. The number of carbonyl (C=O) groups excluding carboxylic acids is 1. The lowest BCUT2D eigenvalue weighted by Gasteiger charge is -2.26. The summed E-state index contributed by atoms with van der Waals surface area (Å²) in [6.07, 6.45) is 2.41. The Morgan fingerprint density at radius 1 is 1.45 bits per heavy atom. The van der Waals surface area contributed by atoms with Gasteiger partial charge in [0.15, 0.2) is 0 Å². The Morgan fingerprint density at radius 3 is 2.75 bits per heavy atom. The van der Waals surface area contributed by atoms with Crippen molar-refractivity contribution in [3.8, 4) is 11.8 Å². The lowest BCUT2D eigenvalue weighted by Crippen LogP contribution is -2.45. The van der Waals surface area contributed by atoms with Crippen LogP contribution in [0.1, 0.15) is 48.2 Å². The molecule has 3 nitrogen and oxygen atoms in total. The molecule has 106 valence electrons. The van der Waals surface area contributed by atoms with Crippen LogP contribution < -0.4 is 11.1 Å². The third-order valence-corrected chi connectivity index (χ3v) is 3.85. The number of carbonyl (C=O) groups is 1. The summed E-state index contributed by atoms with van der Waals surface area (Å²) in [6.45, 7) is 6.45. The zero-order chi connectivity index (χ0) is 14.8. The van der Waals surface area contributed by atoms with E-state index in [0.717, 1.165) is 11.1 Å². The molecule has 1 aliphatic rings. The van der Waals surface area contributed by atoms with Gasteiger partial charge in [-0.25, -0.2) is 0 Å². The summed E-state index contributed by atoms with van der Waals surface area (Å²) in [4.78, 5) is 12.5. The Hall–Kier alpha value is -1.79. The SMILES string of the molecule is Cc1ccc(C#CCN)cc1C(=O)NC(C)(C)C1CC1. The van der Waals surface area contributed by atoms with Gasteiger partial charge < -0.3 is 11.1 Å². The minimum Gasteiger partial charge on any atom is -0.347 e. The summed E-state index contributed by atoms with van der Waals surface area (Å²) in [6, 6.07) is 5.69. The Labute approximate surface area is 120 Å². The van der Waals surface area contributed by atoms with Crippen LogP contribution in [0.3, 0.4) is 0 Å². The van der Waals surface area contributed by atoms with E-state index in [-0.39, 0.29) is 11.4 Å². The van der Waals surface area contributed by atoms with Gasteiger partial charge in [-0.05, 0) is 57.2 Å². The van der Waals surface area contributed by atoms with Gasteiger partial charge >= 0.3 is 0 Å². The van der Waals surface area contributed by atoms with Gasteiger partial charge in [-0.2, -0.15) is 0 Å². The maximum Gasteiger partial charge on any atom is 0.252 e. The van der Waals surface area contributed by atoms with Crippen LogP contribution in [0.2, 0.25) is 0 Å². The predicted octanol–water partition coefficient (Wildman–Crippen LogP) is 2.22. The van der Waals surface area contributed by atoms with Crippen molar-refractivity contribution >= 4 is 5.91 Å². The highest BCUT2D eigenvalue weighted by atomic mass is 16.1. The molecule has 0 unspecified atom stereocenters. The molecule has 20 heavy (non-hydrogen) atoms. The summed E-state index contributed by atoms with van der Waals surface area (Å²) in [7, 11) is 0. The quantitative estimate of drug-likeness (QED) is 0.828. The van der Waals surface area contributed by atoms with E-state index >= 15 is 0 Å². The van der Waals surface area contributed by atoms with Gasteiger partial charge in [0, 0.05) is 16.7 Å².